The molecule has 1 aliphatic rings. The second kappa shape index (κ2) is 8.10. The van der Waals surface area contributed by atoms with Crippen molar-refractivity contribution in [3.63, 3.8) is 0 Å². The quantitative estimate of drug-likeness (QED) is 0.201. The van der Waals surface area contributed by atoms with E-state index in [0.29, 0.717) is 34.1 Å². The minimum Gasteiger partial charge on any atom is -0.452 e. The van der Waals surface area contributed by atoms with Gasteiger partial charge >= 0.3 is 5.97 Å². The van der Waals surface area contributed by atoms with Crippen LogP contribution in [-0.4, -0.2) is 11.8 Å². The SMILES string of the molecule is Cc1c(OC(=O)c2cc3ccccc3o2)ccc2c1O/C(=C\c1ccc(C(C)C)cc1)C2=O. The second-order valence-electron chi connectivity index (χ2n) is 8.36. The molecule has 0 saturated carbocycles. The van der Waals surface area contributed by atoms with E-state index in [-0.39, 0.29) is 17.3 Å². The normalized spacial score (nSPS) is 14.1. The maximum atomic E-state index is 12.9. The van der Waals surface area contributed by atoms with Crippen molar-refractivity contribution in [1.29, 1.82) is 0 Å². The molecule has 0 unspecified atom stereocenters. The lowest BCUT2D eigenvalue weighted by Crippen LogP contribution is -2.08. The van der Waals surface area contributed by atoms with Crippen molar-refractivity contribution in [3.05, 3.63) is 101 Å². The van der Waals surface area contributed by atoms with Crippen LogP contribution in [0.4, 0.5) is 0 Å². The maximum absolute atomic E-state index is 12.9. The number of para-hydroxylation sites is 1. The van der Waals surface area contributed by atoms with Crippen LogP contribution < -0.4 is 9.47 Å². The van der Waals surface area contributed by atoms with Gasteiger partial charge in [-0.1, -0.05) is 56.3 Å². The van der Waals surface area contributed by atoms with Crippen LogP contribution in [0.15, 0.2) is 76.9 Å². The Kier molecular flexibility index (Phi) is 5.09. The molecule has 0 aliphatic carbocycles. The fourth-order valence-electron chi connectivity index (χ4n) is 3.84. The first-order chi connectivity index (χ1) is 15.9. The van der Waals surface area contributed by atoms with Crippen LogP contribution in [0.1, 0.15) is 57.4 Å². The van der Waals surface area contributed by atoms with Crippen LogP contribution in [0.3, 0.4) is 0 Å². The molecule has 4 aromatic rings. The number of carbonyl (C=O) groups is 2. The number of Topliss-reactive ketones (excluding diaryl/α,β-unsaturated/α-hetero) is 1. The van der Waals surface area contributed by atoms with E-state index >= 15 is 0 Å². The third-order valence-electron chi connectivity index (χ3n) is 5.77. The van der Waals surface area contributed by atoms with Crippen LogP contribution in [0.5, 0.6) is 11.5 Å². The van der Waals surface area contributed by atoms with Crippen molar-refractivity contribution in [1.82, 2.24) is 0 Å². The molecule has 1 aromatic heterocycles. The molecule has 5 heteroatoms. The summed E-state index contributed by atoms with van der Waals surface area (Å²) >= 11 is 0. The molecule has 0 bridgehead atoms. The van der Waals surface area contributed by atoms with E-state index in [1.807, 2.05) is 42.5 Å². The number of rotatable bonds is 4. The summed E-state index contributed by atoms with van der Waals surface area (Å²) in [4.78, 5) is 25.5. The molecular formula is C28H22O5. The van der Waals surface area contributed by atoms with E-state index in [4.69, 9.17) is 13.9 Å². The Balaban J connectivity index is 1.39. The molecule has 0 radical (unpaired) electrons. The van der Waals surface area contributed by atoms with Gasteiger partial charge in [0.1, 0.15) is 17.1 Å². The summed E-state index contributed by atoms with van der Waals surface area (Å²) in [5, 5.41) is 0.820. The number of carbonyl (C=O) groups excluding carboxylic acids is 2. The van der Waals surface area contributed by atoms with Crippen LogP contribution in [-0.2, 0) is 0 Å². The molecule has 3 aromatic carbocycles. The van der Waals surface area contributed by atoms with Gasteiger partial charge in [0, 0.05) is 10.9 Å². The summed E-state index contributed by atoms with van der Waals surface area (Å²) in [5.74, 6) is 0.693. The van der Waals surface area contributed by atoms with Crippen LogP contribution in [0.25, 0.3) is 17.0 Å². The Morgan fingerprint density at radius 1 is 1.00 bits per heavy atom. The standard InChI is InChI=1S/C28H22O5/c1-16(2)19-10-8-18(9-11-19)14-24-26(29)21-12-13-22(17(3)27(21)32-24)33-28(30)25-15-20-6-4-5-7-23(20)31-25/h4-16H,1-3H3/b24-14-. The summed E-state index contributed by atoms with van der Waals surface area (Å²) in [5.41, 5.74) is 3.74. The molecule has 1 aliphatic heterocycles. The minimum atomic E-state index is -0.611. The van der Waals surface area contributed by atoms with E-state index in [1.165, 1.54) is 5.56 Å². The van der Waals surface area contributed by atoms with Crippen molar-refractivity contribution in [2.75, 3.05) is 0 Å². The number of hydrogen-bond acceptors (Lipinski definition) is 5. The van der Waals surface area contributed by atoms with Gasteiger partial charge in [-0.15, -0.1) is 0 Å². The molecule has 0 amide bonds. The Morgan fingerprint density at radius 3 is 2.48 bits per heavy atom. The summed E-state index contributed by atoms with van der Waals surface area (Å²) in [6.45, 7) is 6.03. The zero-order valence-electron chi connectivity index (χ0n) is 18.5. The Hall–Kier alpha value is -4.12. The monoisotopic (exact) mass is 438 g/mol. The van der Waals surface area contributed by atoms with Gasteiger partial charge in [0.15, 0.2) is 5.76 Å². The van der Waals surface area contributed by atoms with Crippen molar-refractivity contribution < 1.29 is 23.5 Å². The molecule has 5 nitrogen and oxygen atoms in total. The lowest BCUT2D eigenvalue weighted by Gasteiger charge is -2.09. The van der Waals surface area contributed by atoms with Gasteiger partial charge in [-0.3, -0.25) is 4.79 Å². The predicted octanol–water partition coefficient (Wildman–Crippen LogP) is 6.70. The Morgan fingerprint density at radius 2 is 1.76 bits per heavy atom. The van der Waals surface area contributed by atoms with Crippen molar-refractivity contribution in [2.45, 2.75) is 26.7 Å². The number of allylic oxidation sites excluding steroid dienone is 1. The van der Waals surface area contributed by atoms with E-state index in [2.05, 4.69) is 13.8 Å². The highest BCUT2D eigenvalue weighted by Gasteiger charge is 2.31. The van der Waals surface area contributed by atoms with Gasteiger partial charge < -0.3 is 13.9 Å². The van der Waals surface area contributed by atoms with E-state index in [9.17, 15) is 9.59 Å². The third kappa shape index (κ3) is 3.82. The van der Waals surface area contributed by atoms with Gasteiger partial charge in [0.25, 0.3) is 0 Å². The summed E-state index contributed by atoms with van der Waals surface area (Å²) in [6.07, 6.45) is 1.73. The molecule has 0 fully saturated rings. The topological polar surface area (TPSA) is 65.7 Å². The van der Waals surface area contributed by atoms with Crippen molar-refractivity contribution >= 4 is 28.8 Å². The molecule has 0 atom stereocenters. The first-order valence-electron chi connectivity index (χ1n) is 10.8. The molecule has 0 N–H and O–H groups in total. The second-order valence-corrected chi connectivity index (χ2v) is 8.36. The maximum Gasteiger partial charge on any atom is 0.379 e. The van der Waals surface area contributed by atoms with E-state index < -0.39 is 5.97 Å². The highest BCUT2D eigenvalue weighted by Crippen LogP contribution is 2.39. The molecule has 0 saturated heterocycles. The number of ketones is 1. The average Bonchev–Trinajstić information content (AvgIpc) is 3.38. The zero-order chi connectivity index (χ0) is 23.1. The number of furan rings is 1. The van der Waals surface area contributed by atoms with E-state index in [1.54, 1.807) is 37.3 Å². The summed E-state index contributed by atoms with van der Waals surface area (Å²) in [6, 6.07) is 20.3. The van der Waals surface area contributed by atoms with Crippen LogP contribution >= 0.6 is 0 Å². The van der Waals surface area contributed by atoms with Gasteiger partial charge in [-0.25, -0.2) is 4.79 Å². The first kappa shape index (κ1) is 20.8. The summed E-state index contributed by atoms with van der Waals surface area (Å²) in [7, 11) is 0. The molecule has 33 heavy (non-hydrogen) atoms. The Bertz CT molecular complexity index is 1390. The van der Waals surface area contributed by atoms with Gasteiger partial charge in [0.05, 0.1) is 5.56 Å². The number of esters is 1. The molecule has 0 spiro atoms. The smallest absolute Gasteiger partial charge is 0.379 e. The number of fused-ring (bicyclic) bond motifs is 2. The molecular weight excluding hydrogens is 416 g/mol. The lowest BCUT2D eigenvalue weighted by molar-refractivity contribution is 0.0702. The zero-order valence-corrected chi connectivity index (χ0v) is 18.5. The predicted molar refractivity (Wildman–Crippen MR) is 126 cm³/mol. The first-order valence-corrected chi connectivity index (χ1v) is 10.8. The molecule has 2 heterocycles. The highest BCUT2D eigenvalue weighted by molar-refractivity contribution is 6.15. The van der Waals surface area contributed by atoms with Gasteiger partial charge in [0.2, 0.25) is 11.5 Å². The fraction of sp³-hybridized carbons (Fsp3) is 0.143. The van der Waals surface area contributed by atoms with Crippen LogP contribution in [0.2, 0.25) is 0 Å². The fourth-order valence-corrected chi connectivity index (χ4v) is 3.84. The molecule has 5 rings (SSSR count). The Labute approximate surface area is 191 Å². The van der Waals surface area contributed by atoms with Crippen molar-refractivity contribution in [2.24, 2.45) is 0 Å². The number of hydrogen-bond donors (Lipinski definition) is 0. The van der Waals surface area contributed by atoms with Gasteiger partial charge in [-0.05, 0) is 54.3 Å². The lowest BCUT2D eigenvalue weighted by atomic mass is 10.0. The van der Waals surface area contributed by atoms with Crippen molar-refractivity contribution in [3.8, 4) is 11.5 Å². The third-order valence-corrected chi connectivity index (χ3v) is 5.77. The molecule has 164 valence electrons. The van der Waals surface area contributed by atoms with Crippen LogP contribution in [0, 0.1) is 6.92 Å². The largest absolute Gasteiger partial charge is 0.452 e. The van der Waals surface area contributed by atoms with Gasteiger partial charge in [-0.2, -0.15) is 0 Å². The average molecular weight is 438 g/mol. The number of ether oxygens (including phenoxy) is 2. The minimum absolute atomic E-state index is 0.110. The van der Waals surface area contributed by atoms with E-state index in [0.717, 1.165) is 10.9 Å². The number of benzene rings is 3. The highest BCUT2D eigenvalue weighted by atomic mass is 16.5. The summed E-state index contributed by atoms with van der Waals surface area (Å²) < 4.78 is 17.1.